The number of guanidine groups is 1. The van der Waals surface area contributed by atoms with Crippen molar-refractivity contribution in [3.63, 3.8) is 0 Å². The highest BCUT2D eigenvalue weighted by molar-refractivity contribution is 7.11. The van der Waals surface area contributed by atoms with E-state index in [1.54, 1.807) is 11.3 Å². The molecule has 116 valence electrons. The molecule has 2 aromatic rings. The molecule has 1 aliphatic carbocycles. The molecule has 0 fully saturated rings. The number of fused-ring (bicyclic) bond motifs is 1. The summed E-state index contributed by atoms with van der Waals surface area (Å²) in [4.78, 5) is 10.1. The van der Waals surface area contributed by atoms with Crippen molar-refractivity contribution in [1.29, 1.82) is 0 Å². The second kappa shape index (κ2) is 6.48. The Kier molecular flexibility index (Phi) is 4.43. The van der Waals surface area contributed by atoms with Gasteiger partial charge in [0.2, 0.25) is 0 Å². The lowest BCUT2D eigenvalue weighted by Crippen LogP contribution is -2.24. The molecule has 0 saturated heterocycles. The van der Waals surface area contributed by atoms with Gasteiger partial charge in [-0.25, -0.2) is 9.98 Å². The Labute approximate surface area is 135 Å². The number of nitrogens with zero attached hydrogens (tertiary/aromatic N) is 2. The Morgan fingerprint density at radius 2 is 2.14 bits per heavy atom. The van der Waals surface area contributed by atoms with Crippen molar-refractivity contribution < 1.29 is 0 Å². The van der Waals surface area contributed by atoms with Gasteiger partial charge in [-0.05, 0) is 56.7 Å². The van der Waals surface area contributed by atoms with E-state index in [1.165, 1.54) is 35.3 Å². The summed E-state index contributed by atoms with van der Waals surface area (Å²) in [6, 6.07) is 6.40. The van der Waals surface area contributed by atoms with Crippen LogP contribution in [0.1, 0.15) is 39.5 Å². The summed E-state index contributed by atoms with van der Waals surface area (Å²) in [7, 11) is 0. The van der Waals surface area contributed by atoms with E-state index >= 15 is 0 Å². The van der Waals surface area contributed by atoms with Crippen molar-refractivity contribution in [2.45, 2.75) is 46.1 Å². The van der Waals surface area contributed by atoms with E-state index in [2.05, 4.69) is 40.4 Å². The lowest BCUT2D eigenvalue weighted by atomic mass is 9.90. The number of hydrogen-bond acceptors (Lipinski definition) is 3. The fourth-order valence-corrected chi connectivity index (χ4v) is 3.78. The number of nitrogens with one attached hydrogen (secondary N) is 1. The number of benzene rings is 1. The average Bonchev–Trinajstić information content (AvgIpc) is 2.83. The predicted octanol–water partition coefficient (Wildman–Crippen LogP) is 3.57. The normalized spacial score (nSPS) is 14.7. The van der Waals surface area contributed by atoms with Crippen LogP contribution in [-0.4, -0.2) is 10.9 Å². The Balaban J connectivity index is 1.73. The summed E-state index contributed by atoms with van der Waals surface area (Å²) in [6.45, 7) is 4.62. The molecule has 0 aliphatic heterocycles. The highest BCUT2D eigenvalue weighted by Gasteiger charge is 2.13. The summed E-state index contributed by atoms with van der Waals surface area (Å²) < 4.78 is 0. The quantitative estimate of drug-likeness (QED) is 0.672. The highest BCUT2D eigenvalue weighted by atomic mass is 32.1. The van der Waals surface area contributed by atoms with E-state index in [4.69, 9.17) is 5.73 Å². The van der Waals surface area contributed by atoms with Gasteiger partial charge in [-0.1, -0.05) is 12.1 Å². The van der Waals surface area contributed by atoms with Crippen LogP contribution >= 0.6 is 11.3 Å². The zero-order valence-electron chi connectivity index (χ0n) is 13.1. The Morgan fingerprint density at radius 3 is 2.91 bits per heavy atom. The van der Waals surface area contributed by atoms with Gasteiger partial charge < -0.3 is 11.1 Å². The van der Waals surface area contributed by atoms with E-state index in [0.29, 0.717) is 12.5 Å². The Bertz CT molecular complexity index is 703. The first-order chi connectivity index (χ1) is 10.6. The maximum Gasteiger partial charge on any atom is 0.193 e. The minimum absolute atomic E-state index is 0.462. The van der Waals surface area contributed by atoms with Gasteiger partial charge in [0.15, 0.2) is 5.96 Å². The summed E-state index contributed by atoms with van der Waals surface area (Å²) >= 11 is 1.70. The molecule has 5 heteroatoms. The van der Waals surface area contributed by atoms with Gasteiger partial charge in [0, 0.05) is 10.6 Å². The lowest BCUT2D eigenvalue weighted by molar-refractivity contribution is 0.687. The van der Waals surface area contributed by atoms with Gasteiger partial charge in [-0.2, -0.15) is 0 Å². The summed E-state index contributed by atoms with van der Waals surface area (Å²) in [6.07, 6.45) is 4.82. The van der Waals surface area contributed by atoms with Gasteiger partial charge in [0.05, 0.1) is 17.2 Å². The second-order valence-corrected chi connectivity index (χ2v) is 7.12. The molecule has 4 nitrogen and oxygen atoms in total. The van der Waals surface area contributed by atoms with Gasteiger partial charge in [0.25, 0.3) is 0 Å². The molecule has 0 amide bonds. The van der Waals surface area contributed by atoms with Crippen molar-refractivity contribution in [2.24, 2.45) is 10.7 Å². The molecule has 0 unspecified atom stereocenters. The van der Waals surface area contributed by atoms with E-state index in [1.807, 2.05) is 6.92 Å². The standard InChI is InChI=1S/C17H22N4S/c1-11-16(20-12(2)22-11)10-19-17(18)21-15-9-5-7-13-6-3-4-8-14(13)15/h5,7,9H,3-4,6,8,10H2,1-2H3,(H3,18,19,21). The average molecular weight is 314 g/mol. The molecule has 0 radical (unpaired) electrons. The van der Waals surface area contributed by atoms with Gasteiger partial charge in [-0.3, -0.25) is 0 Å². The molecule has 1 aromatic heterocycles. The number of aromatic nitrogens is 1. The van der Waals surface area contributed by atoms with Crippen LogP contribution in [0, 0.1) is 13.8 Å². The van der Waals surface area contributed by atoms with Crippen LogP contribution in [0.4, 0.5) is 5.69 Å². The predicted molar refractivity (Wildman–Crippen MR) is 93.6 cm³/mol. The molecular weight excluding hydrogens is 292 g/mol. The molecule has 3 N–H and O–H groups in total. The van der Waals surface area contributed by atoms with E-state index in [0.717, 1.165) is 22.8 Å². The first kappa shape index (κ1) is 15.0. The van der Waals surface area contributed by atoms with Crippen molar-refractivity contribution >= 4 is 23.0 Å². The summed E-state index contributed by atoms with van der Waals surface area (Å²) in [5.74, 6) is 0.462. The lowest BCUT2D eigenvalue weighted by Gasteiger charge is -2.19. The van der Waals surface area contributed by atoms with Gasteiger partial charge in [0.1, 0.15) is 0 Å². The Hall–Kier alpha value is -1.88. The van der Waals surface area contributed by atoms with Crippen LogP contribution in [-0.2, 0) is 19.4 Å². The molecular formula is C17H22N4S. The largest absolute Gasteiger partial charge is 0.370 e. The first-order valence-electron chi connectivity index (χ1n) is 7.74. The first-order valence-corrected chi connectivity index (χ1v) is 8.56. The maximum atomic E-state index is 6.06. The van der Waals surface area contributed by atoms with Crippen molar-refractivity contribution in [2.75, 3.05) is 5.32 Å². The van der Waals surface area contributed by atoms with Crippen LogP contribution in [0.25, 0.3) is 0 Å². The van der Waals surface area contributed by atoms with Gasteiger partial charge >= 0.3 is 0 Å². The van der Waals surface area contributed by atoms with Crippen molar-refractivity contribution in [3.05, 3.63) is 44.9 Å². The fourth-order valence-electron chi connectivity index (χ4n) is 2.95. The number of nitrogens with two attached hydrogens (primary N) is 1. The van der Waals surface area contributed by atoms with Crippen LogP contribution in [0.15, 0.2) is 23.2 Å². The SMILES string of the molecule is Cc1nc(CN=C(N)Nc2cccc3c2CCCC3)c(C)s1. The molecule has 1 aliphatic rings. The van der Waals surface area contributed by atoms with Crippen LogP contribution in [0.3, 0.4) is 0 Å². The zero-order valence-corrected chi connectivity index (χ0v) is 14.0. The fraction of sp³-hybridized carbons (Fsp3) is 0.412. The minimum atomic E-state index is 0.462. The smallest absolute Gasteiger partial charge is 0.193 e. The third-order valence-corrected chi connectivity index (χ3v) is 4.99. The van der Waals surface area contributed by atoms with Crippen LogP contribution < -0.4 is 11.1 Å². The third-order valence-electron chi connectivity index (χ3n) is 4.06. The number of aryl methyl sites for hydroxylation is 3. The summed E-state index contributed by atoms with van der Waals surface area (Å²) in [5.41, 5.74) is 11.0. The number of thiazole rings is 1. The summed E-state index contributed by atoms with van der Waals surface area (Å²) in [5, 5.41) is 4.35. The minimum Gasteiger partial charge on any atom is -0.370 e. The second-order valence-electron chi connectivity index (χ2n) is 5.71. The van der Waals surface area contributed by atoms with E-state index < -0.39 is 0 Å². The van der Waals surface area contributed by atoms with Crippen molar-refractivity contribution in [1.82, 2.24) is 4.98 Å². The molecule has 0 saturated carbocycles. The maximum absolute atomic E-state index is 6.06. The van der Waals surface area contributed by atoms with Crippen molar-refractivity contribution in [3.8, 4) is 0 Å². The zero-order chi connectivity index (χ0) is 15.5. The molecule has 22 heavy (non-hydrogen) atoms. The van der Waals surface area contributed by atoms with E-state index in [-0.39, 0.29) is 0 Å². The van der Waals surface area contributed by atoms with Crippen LogP contribution in [0.2, 0.25) is 0 Å². The Morgan fingerprint density at radius 1 is 1.32 bits per heavy atom. The molecule has 0 bridgehead atoms. The van der Waals surface area contributed by atoms with Gasteiger partial charge in [-0.15, -0.1) is 11.3 Å². The topological polar surface area (TPSA) is 63.3 Å². The number of rotatable bonds is 3. The molecule has 0 atom stereocenters. The number of anilines is 1. The monoisotopic (exact) mass is 314 g/mol. The third kappa shape index (κ3) is 3.30. The van der Waals surface area contributed by atoms with E-state index in [9.17, 15) is 0 Å². The van der Waals surface area contributed by atoms with Crippen LogP contribution in [0.5, 0.6) is 0 Å². The molecule has 0 spiro atoms. The molecule has 1 heterocycles. The highest BCUT2D eigenvalue weighted by Crippen LogP contribution is 2.27. The molecule has 1 aromatic carbocycles. The number of hydrogen-bond donors (Lipinski definition) is 2. The number of aliphatic imine (C=N–C) groups is 1. The molecule has 3 rings (SSSR count).